The van der Waals surface area contributed by atoms with E-state index in [-0.39, 0.29) is 12.3 Å². The normalized spacial score (nSPS) is 12.6. The first-order valence-corrected chi connectivity index (χ1v) is 9.97. The lowest BCUT2D eigenvalue weighted by Gasteiger charge is -2.23. The van der Waals surface area contributed by atoms with Crippen molar-refractivity contribution in [2.45, 2.75) is 18.5 Å². The number of carbonyl (C=O) groups is 2. The number of hydrogen-bond acceptors (Lipinski definition) is 4. The van der Waals surface area contributed by atoms with Crippen LogP contribution in [0.5, 0.6) is 5.75 Å². The van der Waals surface area contributed by atoms with Crippen molar-refractivity contribution >= 4 is 23.5 Å². The summed E-state index contributed by atoms with van der Waals surface area (Å²) in [6.45, 7) is 0. The van der Waals surface area contributed by atoms with E-state index >= 15 is 0 Å². The van der Waals surface area contributed by atoms with Crippen molar-refractivity contribution in [3.8, 4) is 5.75 Å². The van der Waals surface area contributed by atoms with Crippen LogP contribution >= 0.6 is 11.6 Å². The smallest absolute Gasteiger partial charge is 0.312 e. The van der Waals surface area contributed by atoms with Gasteiger partial charge in [0.25, 0.3) is 0 Å². The maximum Gasteiger partial charge on any atom is 0.312 e. The molecular weight excluding hydrogens is 418 g/mol. The number of halogens is 1. The summed E-state index contributed by atoms with van der Waals surface area (Å²) in [7, 11) is 3.44. The Morgan fingerprint density at radius 2 is 1.87 bits per heavy atom. The number of hydrogen-bond donors (Lipinski definition) is 3. The van der Waals surface area contributed by atoms with Gasteiger partial charge in [-0.15, -0.1) is 0 Å². The lowest BCUT2D eigenvalue weighted by atomic mass is 10.0. The zero-order valence-electron chi connectivity index (χ0n) is 17.2. The van der Waals surface area contributed by atoms with Gasteiger partial charge in [-0.2, -0.15) is 0 Å². The van der Waals surface area contributed by atoms with E-state index < -0.39 is 18.1 Å². The lowest BCUT2D eigenvalue weighted by molar-refractivity contribution is -0.122. The summed E-state index contributed by atoms with van der Waals surface area (Å²) in [6.07, 6.45) is 3.42. The number of nitrogens with one attached hydrogen (secondary N) is 2. The highest BCUT2D eigenvalue weighted by molar-refractivity contribution is 6.31. The molecule has 3 rings (SSSR count). The SMILES string of the molecule is COc1ccc([C@@H](NC(=O)C[C@@H](NC(N)=O)c2ccccc2Cl)c2nccn2C)cc1. The van der Waals surface area contributed by atoms with Gasteiger partial charge in [-0.05, 0) is 29.3 Å². The zero-order valence-corrected chi connectivity index (χ0v) is 18.0. The third kappa shape index (κ3) is 5.55. The molecule has 0 fully saturated rings. The van der Waals surface area contributed by atoms with Crippen molar-refractivity contribution in [1.29, 1.82) is 0 Å². The second kappa shape index (κ2) is 9.99. The summed E-state index contributed by atoms with van der Waals surface area (Å²) >= 11 is 6.27. The molecule has 0 aliphatic heterocycles. The molecule has 9 heteroatoms. The van der Waals surface area contributed by atoms with Crippen molar-refractivity contribution < 1.29 is 14.3 Å². The molecule has 0 spiro atoms. The first-order chi connectivity index (χ1) is 14.9. The van der Waals surface area contributed by atoms with Gasteiger partial charge in [0.2, 0.25) is 5.91 Å². The minimum Gasteiger partial charge on any atom is -0.497 e. The van der Waals surface area contributed by atoms with Gasteiger partial charge in [0, 0.05) is 24.5 Å². The molecule has 0 radical (unpaired) electrons. The molecule has 4 N–H and O–H groups in total. The Hall–Kier alpha value is -3.52. The molecule has 0 unspecified atom stereocenters. The van der Waals surface area contributed by atoms with E-state index in [0.29, 0.717) is 22.2 Å². The second-order valence-corrected chi connectivity index (χ2v) is 7.36. The number of methoxy groups -OCH3 is 1. The summed E-state index contributed by atoms with van der Waals surface area (Å²) in [5.74, 6) is 1.07. The van der Waals surface area contributed by atoms with Crippen molar-refractivity contribution in [3.05, 3.63) is 82.9 Å². The maximum absolute atomic E-state index is 13.0. The predicted octanol–water partition coefficient (Wildman–Crippen LogP) is 3.09. The van der Waals surface area contributed by atoms with Gasteiger partial charge in [0.05, 0.1) is 19.6 Å². The Morgan fingerprint density at radius 1 is 1.16 bits per heavy atom. The van der Waals surface area contributed by atoms with Crippen LogP contribution in [0.2, 0.25) is 5.02 Å². The minimum absolute atomic E-state index is 0.0518. The number of amides is 3. The Bertz CT molecular complexity index is 1050. The van der Waals surface area contributed by atoms with Crippen LogP contribution in [0.25, 0.3) is 0 Å². The number of aryl methyl sites for hydroxylation is 1. The third-order valence-electron chi connectivity index (χ3n) is 4.86. The number of nitrogens with two attached hydrogens (primary N) is 1. The first-order valence-electron chi connectivity index (χ1n) is 9.60. The molecule has 2 aromatic carbocycles. The number of carbonyl (C=O) groups excluding carboxylic acids is 2. The molecule has 162 valence electrons. The number of primary amides is 1. The molecule has 0 bridgehead atoms. The molecule has 3 amide bonds. The van der Waals surface area contributed by atoms with Gasteiger partial charge < -0.3 is 25.7 Å². The number of nitrogens with zero attached hydrogens (tertiary/aromatic N) is 2. The summed E-state index contributed by atoms with van der Waals surface area (Å²) < 4.78 is 7.06. The van der Waals surface area contributed by atoms with E-state index in [1.54, 1.807) is 43.8 Å². The molecular formula is C22H24ClN5O3. The van der Waals surface area contributed by atoms with E-state index in [0.717, 1.165) is 5.56 Å². The van der Waals surface area contributed by atoms with Crippen LogP contribution in [0.3, 0.4) is 0 Å². The quantitative estimate of drug-likeness (QED) is 0.498. The summed E-state index contributed by atoms with van der Waals surface area (Å²) in [5, 5.41) is 6.04. The fourth-order valence-electron chi connectivity index (χ4n) is 3.32. The van der Waals surface area contributed by atoms with Crippen LogP contribution in [0.15, 0.2) is 60.9 Å². The number of benzene rings is 2. The largest absolute Gasteiger partial charge is 0.497 e. The third-order valence-corrected chi connectivity index (χ3v) is 5.20. The van der Waals surface area contributed by atoms with Gasteiger partial charge in [0.15, 0.2) is 0 Å². The summed E-state index contributed by atoms with van der Waals surface area (Å²) in [5.41, 5.74) is 6.76. The zero-order chi connectivity index (χ0) is 22.4. The van der Waals surface area contributed by atoms with Gasteiger partial charge in [-0.25, -0.2) is 9.78 Å². The average Bonchev–Trinajstić information content (AvgIpc) is 3.17. The number of imidazole rings is 1. The number of aromatic nitrogens is 2. The van der Waals surface area contributed by atoms with E-state index in [9.17, 15) is 9.59 Å². The molecule has 0 saturated carbocycles. The topological polar surface area (TPSA) is 111 Å². The van der Waals surface area contributed by atoms with E-state index in [2.05, 4.69) is 15.6 Å². The van der Waals surface area contributed by atoms with Crippen LogP contribution in [-0.2, 0) is 11.8 Å². The van der Waals surface area contributed by atoms with Gasteiger partial charge in [-0.3, -0.25) is 4.79 Å². The predicted molar refractivity (Wildman–Crippen MR) is 118 cm³/mol. The lowest BCUT2D eigenvalue weighted by Crippen LogP contribution is -2.38. The van der Waals surface area contributed by atoms with Crippen molar-refractivity contribution in [2.75, 3.05) is 7.11 Å². The standard InChI is InChI=1S/C22H24ClN5O3/c1-28-12-11-25-21(28)20(14-7-9-15(31-2)10-8-14)27-19(29)13-18(26-22(24)30)16-5-3-4-6-17(16)23/h3-12,18,20H,13H2,1-2H3,(H,27,29)(H3,24,26,30)/t18-,20-/m1/s1. The molecule has 8 nitrogen and oxygen atoms in total. The highest BCUT2D eigenvalue weighted by atomic mass is 35.5. The Labute approximate surface area is 185 Å². The Balaban J connectivity index is 1.85. The highest BCUT2D eigenvalue weighted by Gasteiger charge is 2.25. The fourth-order valence-corrected chi connectivity index (χ4v) is 3.59. The number of ether oxygens (including phenoxy) is 1. The summed E-state index contributed by atoms with van der Waals surface area (Å²) in [6, 6.07) is 12.4. The number of urea groups is 1. The summed E-state index contributed by atoms with van der Waals surface area (Å²) in [4.78, 5) is 28.9. The monoisotopic (exact) mass is 441 g/mol. The fraction of sp³-hybridized carbons (Fsp3) is 0.227. The average molecular weight is 442 g/mol. The van der Waals surface area contributed by atoms with Crippen molar-refractivity contribution in [3.63, 3.8) is 0 Å². The molecule has 1 aromatic heterocycles. The molecule has 0 aliphatic carbocycles. The van der Waals surface area contributed by atoms with Gasteiger partial charge >= 0.3 is 6.03 Å². The maximum atomic E-state index is 13.0. The second-order valence-electron chi connectivity index (χ2n) is 6.96. The molecule has 31 heavy (non-hydrogen) atoms. The van der Waals surface area contributed by atoms with Crippen LogP contribution in [0.4, 0.5) is 4.79 Å². The van der Waals surface area contributed by atoms with Gasteiger partial charge in [-0.1, -0.05) is 41.9 Å². The Morgan fingerprint density at radius 3 is 2.45 bits per heavy atom. The van der Waals surface area contributed by atoms with Crippen LogP contribution in [0, 0.1) is 0 Å². The van der Waals surface area contributed by atoms with Crippen molar-refractivity contribution in [1.82, 2.24) is 20.2 Å². The molecule has 2 atom stereocenters. The molecule has 1 heterocycles. The van der Waals surface area contributed by atoms with Crippen LogP contribution in [-0.4, -0.2) is 28.6 Å². The molecule has 3 aromatic rings. The molecule has 0 aliphatic rings. The van der Waals surface area contributed by atoms with E-state index in [1.165, 1.54) is 0 Å². The van der Waals surface area contributed by atoms with E-state index in [4.69, 9.17) is 22.1 Å². The minimum atomic E-state index is -0.742. The Kier molecular flexibility index (Phi) is 7.15. The number of rotatable bonds is 8. The highest BCUT2D eigenvalue weighted by Crippen LogP contribution is 2.27. The molecule has 0 saturated heterocycles. The van der Waals surface area contributed by atoms with Crippen LogP contribution in [0.1, 0.15) is 35.5 Å². The van der Waals surface area contributed by atoms with Gasteiger partial charge in [0.1, 0.15) is 17.6 Å². The van der Waals surface area contributed by atoms with Crippen molar-refractivity contribution in [2.24, 2.45) is 12.8 Å². The first kappa shape index (κ1) is 22.2. The van der Waals surface area contributed by atoms with E-state index in [1.807, 2.05) is 35.9 Å². The van der Waals surface area contributed by atoms with Crippen LogP contribution < -0.4 is 21.1 Å².